The van der Waals surface area contributed by atoms with Gasteiger partial charge >= 0.3 is 6.18 Å². The van der Waals surface area contributed by atoms with E-state index in [1.807, 2.05) is 30.3 Å². The van der Waals surface area contributed by atoms with Gasteiger partial charge in [0.05, 0.1) is 17.8 Å². The Balaban J connectivity index is 1.59. The van der Waals surface area contributed by atoms with E-state index in [1.54, 1.807) is 16.8 Å². The number of nitrogens with one attached hydrogen (secondary N) is 1. The molecule has 0 aliphatic carbocycles. The van der Waals surface area contributed by atoms with Gasteiger partial charge in [-0.05, 0) is 42.5 Å². The molecule has 0 spiro atoms. The van der Waals surface area contributed by atoms with Crippen molar-refractivity contribution in [2.24, 2.45) is 0 Å². The van der Waals surface area contributed by atoms with Crippen molar-refractivity contribution >= 4 is 17.7 Å². The summed E-state index contributed by atoms with van der Waals surface area (Å²) in [5.74, 6) is -0.0823. The summed E-state index contributed by atoms with van der Waals surface area (Å²) in [4.78, 5) is 22.3. The third-order valence-electron chi connectivity index (χ3n) is 5.06. The van der Waals surface area contributed by atoms with E-state index in [1.165, 1.54) is 24.0 Å². The van der Waals surface area contributed by atoms with Crippen LogP contribution in [0, 0.1) is 0 Å². The number of alkyl halides is 3. The molecule has 0 radical (unpaired) electrons. The van der Waals surface area contributed by atoms with Crippen LogP contribution in [0.2, 0.25) is 0 Å². The molecule has 5 rings (SSSR count). The normalized spacial score (nSPS) is 13.5. The van der Waals surface area contributed by atoms with E-state index in [0.29, 0.717) is 35.1 Å². The summed E-state index contributed by atoms with van der Waals surface area (Å²) in [5, 5.41) is 7.18. The third kappa shape index (κ3) is 4.34. The summed E-state index contributed by atoms with van der Waals surface area (Å²) in [5.41, 5.74) is 0.772. The molecule has 1 aliphatic heterocycles. The average Bonchev–Trinajstić information content (AvgIpc) is 3.25. The van der Waals surface area contributed by atoms with Crippen LogP contribution in [0.1, 0.15) is 16.1 Å². The lowest BCUT2D eigenvalue weighted by Gasteiger charge is -2.13. The molecule has 0 atom stereocenters. The van der Waals surface area contributed by atoms with Crippen LogP contribution in [0.25, 0.3) is 22.8 Å². The number of benzene rings is 2. The molecule has 0 bridgehead atoms. The first-order valence-electron chi connectivity index (χ1n) is 10.0. The van der Waals surface area contributed by atoms with Gasteiger partial charge in [-0.2, -0.15) is 18.3 Å². The molecule has 0 unspecified atom stereocenters. The van der Waals surface area contributed by atoms with Crippen molar-refractivity contribution in [3.05, 3.63) is 78.1 Å². The van der Waals surface area contributed by atoms with Crippen molar-refractivity contribution in [1.29, 1.82) is 0 Å². The molecule has 166 valence electrons. The van der Waals surface area contributed by atoms with Gasteiger partial charge < -0.3 is 5.32 Å². The summed E-state index contributed by atoms with van der Waals surface area (Å²) >= 11 is 1.33. The largest absolute Gasteiger partial charge is 0.416 e. The van der Waals surface area contributed by atoms with Gasteiger partial charge in [-0.25, -0.2) is 9.97 Å². The van der Waals surface area contributed by atoms with Crippen molar-refractivity contribution in [2.75, 3.05) is 6.54 Å². The van der Waals surface area contributed by atoms with E-state index in [2.05, 4.69) is 20.4 Å². The second-order valence-corrected chi connectivity index (χ2v) is 8.40. The minimum atomic E-state index is -4.50. The predicted molar refractivity (Wildman–Crippen MR) is 117 cm³/mol. The molecule has 1 N–H and O–H groups in total. The van der Waals surface area contributed by atoms with Gasteiger partial charge in [-0.15, -0.1) is 0 Å². The van der Waals surface area contributed by atoms with Crippen molar-refractivity contribution in [3.8, 4) is 22.8 Å². The quantitative estimate of drug-likeness (QED) is 0.461. The lowest BCUT2D eigenvalue weighted by Crippen LogP contribution is -2.35. The van der Waals surface area contributed by atoms with Crippen LogP contribution in [-0.2, 0) is 12.7 Å². The summed E-state index contributed by atoms with van der Waals surface area (Å²) in [7, 11) is 0. The lowest BCUT2D eigenvalue weighted by atomic mass is 10.1. The fourth-order valence-corrected chi connectivity index (χ4v) is 4.42. The topological polar surface area (TPSA) is 72.7 Å². The van der Waals surface area contributed by atoms with Crippen LogP contribution < -0.4 is 5.32 Å². The van der Waals surface area contributed by atoms with E-state index in [-0.39, 0.29) is 17.3 Å². The minimum absolute atomic E-state index is 0.146. The van der Waals surface area contributed by atoms with Gasteiger partial charge in [0.1, 0.15) is 11.4 Å². The maximum atomic E-state index is 13.5. The number of hydrogen-bond donors (Lipinski definition) is 1. The van der Waals surface area contributed by atoms with Gasteiger partial charge in [0, 0.05) is 28.1 Å². The SMILES string of the molecule is O=C1NCCn2nc(-c3ccnc(-c4cc(C(F)(F)F)ccc4Sc4ccccc4)n3)cc21. The van der Waals surface area contributed by atoms with Gasteiger partial charge in [-0.3, -0.25) is 9.48 Å². The third-order valence-corrected chi connectivity index (χ3v) is 6.14. The second kappa shape index (κ2) is 8.36. The molecule has 1 amide bonds. The number of nitrogens with zero attached hydrogens (tertiary/aromatic N) is 4. The molecular formula is C23H16F3N5OS. The highest BCUT2D eigenvalue weighted by molar-refractivity contribution is 7.99. The van der Waals surface area contributed by atoms with Crippen LogP contribution >= 0.6 is 11.8 Å². The predicted octanol–water partition coefficient (Wildman–Crippen LogP) is 4.92. The van der Waals surface area contributed by atoms with E-state index in [9.17, 15) is 18.0 Å². The second-order valence-electron chi connectivity index (χ2n) is 7.28. The molecule has 10 heteroatoms. The van der Waals surface area contributed by atoms with Crippen LogP contribution in [0.15, 0.2) is 76.7 Å². The van der Waals surface area contributed by atoms with E-state index >= 15 is 0 Å². The molecule has 6 nitrogen and oxygen atoms in total. The van der Waals surface area contributed by atoms with Gasteiger partial charge in [-0.1, -0.05) is 30.0 Å². The first kappa shape index (κ1) is 21.2. The zero-order chi connectivity index (χ0) is 23.0. The number of amides is 1. The van der Waals surface area contributed by atoms with E-state index in [4.69, 9.17) is 0 Å². The first-order chi connectivity index (χ1) is 15.9. The van der Waals surface area contributed by atoms with E-state index in [0.717, 1.165) is 17.0 Å². The molecule has 3 heterocycles. The molecule has 0 saturated carbocycles. The zero-order valence-corrected chi connectivity index (χ0v) is 17.8. The fraction of sp³-hybridized carbons (Fsp3) is 0.130. The van der Waals surface area contributed by atoms with Crippen LogP contribution in [0.3, 0.4) is 0 Å². The monoisotopic (exact) mass is 467 g/mol. The number of aromatic nitrogens is 4. The Morgan fingerprint density at radius 2 is 1.82 bits per heavy atom. The summed E-state index contributed by atoms with van der Waals surface area (Å²) < 4.78 is 42.0. The average molecular weight is 467 g/mol. The molecule has 0 fully saturated rings. The lowest BCUT2D eigenvalue weighted by molar-refractivity contribution is -0.137. The van der Waals surface area contributed by atoms with Crippen LogP contribution in [-0.4, -0.2) is 32.2 Å². The van der Waals surface area contributed by atoms with E-state index < -0.39 is 11.7 Å². The molecule has 2 aromatic carbocycles. The Morgan fingerprint density at radius 3 is 2.58 bits per heavy atom. The van der Waals surface area contributed by atoms with Crippen molar-refractivity contribution in [2.45, 2.75) is 22.5 Å². The maximum absolute atomic E-state index is 13.5. The molecule has 2 aromatic heterocycles. The Kier molecular flexibility index (Phi) is 5.37. The minimum Gasteiger partial charge on any atom is -0.349 e. The summed E-state index contributed by atoms with van der Waals surface area (Å²) in [6.07, 6.45) is -3.02. The zero-order valence-electron chi connectivity index (χ0n) is 17.0. The summed E-state index contributed by atoms with van der Waals surface area (Å²) in [6, 6.07) is 16.1. The molecule has 4 aromatic rings. The van der Waals surface area contributed by atoms with Crippen molar-refractivity contribution in [1.82, 2.24) is 25.1 Å². The van der Waals surface area contributed by atoms with Gasteiger partial charge in [0.15, 0.2) is 5.82 Å². The molecule has 33 heavy (non-hydrogen) atoms. The fourth-order valence-electron chi connectivity index (χ4n) is 3.48. The van der Waals surface area contributed by atoms with Crippen molar-refractivity contribution in [3.63, 3.8) is 0 Å². The molecule has 0 saturated heterocycles. The van der Waals surface area contributed by atoms with Crippen molar-refractivity contribution < 1.29 is 18.0 Å². The highest BCUT2D eigenvalue weighted by Gasteiger charge is 2.31. The highest BCUT2D eigenvalue weighted by Crippen LogP contribution is 2.39. The van der Waals surface area contributed by atoms with Gasteiger partial charge in [0.25, 0.3) is 5.91 Å². The molecular weight excluding hydrogens is 451 g/mol. The highest BCUT2D eigenvalue weighted by atomic mass is 32.2. The number of hydrogen-bond acceptors (Lipinski definition) is 5. The smallest absolute Gasteiger partial charge is 0.349 e. The first-order valence-corrected chi connectivity index (χ1v) is 10.8. The number of rotatable bonds is 4. The number of carbonyl (C=O) groups excluding carboxylic acids is 1. The number of fused-ring (bicyclic) bond motifs is 1. The Hall–Kier alpha value is -3.66. The Labute approximate surface area is 190 Å². The number of carbonyl (C=O) groups is 1. The maximum Gasteiger partial charge on any atom is 0.416 e. The van der Waals surface area contributed by atoms with Crippen LogP contribution in [0.4, 0.5) is 13.2 Å². The standard InChI is InChI=1S/C23H16F3N5OS/c24-23(25,26)14-6-7-20(33-15-4-2-1-3-5-15)16(12-14)21-27-9-8-17(29-21)18-13-19-22(32)28-10-11-31(19)30-18/h1-9,12-13H,10-11H2,(H,28,32). The summed E-state index contributed by atoms with van der Waals surface area (Å²) in [6.45, 7) is 1.01. The Morgan fingerprint density at radius 1 is 1.00 bits per heavy atom. The van der Waals surface area contributed by atoms with Gasteiger partial charge in [0.2, 0.25) is 0 Å². The van der Waals surface area contributed by atoms with Crippen LogP contribution in [0.5, 0.6) is 0 Å². The molecule has 1 aliphatic rings. The number of halogens is 3. The Bertz CT molecular complexity index is 1340.